The number of hydrogen-bond acceptors (Lipinski definition) is 5. The highest BCUT2D eigenvalue weighted by molar-refractivity contribution is 7.80. The first-order valence-corrected chi connectivity index (χ1v) is 13.3. The Morgan fingerprint density at radius 2 is 1.68 bits per heavy atom. The summed E-state index contributed by atoms with van der Waals surface area (Å²) < 4.78 is 4.43. The molecule has 2 aromatic heterocycles. The van der Waals surface area contributed by atoms with Gasteiger partial charge in [-0.05, 0) is 54.5 Å². The van der Waals surface area contributed by atoms with Crippen molar-refractivity contribution in [3.05, 3.63) is 84.5 Å². The van der Waals surface area contributed by atoms with E-state index in [4.69, 9.17) is 40.4 Å². The van der Waals surface area contributed by atoms with Crippen LogP contribution in [0, 0.1) is 6.92 Å². The summed E-state index contributed by atoms with van der Waals surface area (Å²) in [5.41, 5.74) is 2.74. The Morgan fingerprint density at radius 3 is 2.37 bits per heavy atom. The predicted molar refractivity (Wildman–Crippen MR) is 157 cm³/mol. The lowest BCUT2D eigenvalue weighted by molar-refractivity contribution is 0.386. The van der Waals surface area contributed by atoms with Crippen molar-refractivity contribution in [2.75, 3.05) is 36.4 Å². The van der Waals surface area contributed by atoms with Gasteiger partial charge in [0.2, 0.25) is 5.95 Å². The second-order valence-corrected chi connectivity index (χ2v) is 10.5. The Bertz CT molecular complexity index is 1650. The summed E-state index contributed by atoms with van der Waals surface area (Å²) >= 11 is 18.0. The summed E-state index contributed by atoms with van der Waals surface area (Å²) in [6.07, 6.45) is 0. The standard InChI is InChI=1S/C26H27Cl2N7O2S/c1-16-19(28)5-4-6-20(16)29-25(38)34-13-11-33(12-14-34)24-30-22-21(23(36)32(3)26(37)31(22)2)35(24)15-17-7-9-18(27)10-8-17/h4-10H,11-15H2,1-3H3,(H,29,38). The number of nitrogens with zero attached hydrogens (tertiary/aromatic N) is 6. The number of halogens is 2. The molecule has 0 bridgehead atoms. The molecule has 0 radical (unpaired) electrons. The van der Waals surface area contributed by atoms with Crippen LogP contribution in [0.5, 0.6) is 0 Å². The monoisotopic (exact) mass is 571 g/mol. The molecule has 0 amide bonds. The van der Waals surface area contributed by atoms with E-state index in [9.17, 15) is 9.59 Å². The van der Waals surface area contributed by atoms with Gasteiger partial charge in [0.15, 0.2) is 16.3 Å². The lowest BCUT2D eigenvalue weighted by Crippen LogP contribution is -2.50. The lowest BCUT2D eigenvalue weighted by atomic mass is 10.2. The van der Waals surface area contributed by atoms with Gasteiger partial charge in [-0.3, -0.25) is 18.5 Å². The van der Waals surface area contributed by atoms with Crippen LogP contribution in [0.1, 0.15) is 11.1 Å². The van der Waals surface area contributed by atoms with Gasteiger partial charge in [0.05, 0.1) is 6.54 Å². The molecular weight excluding hydrogens is 545 g/mol. The first-order chi connectivity index (χ1) is 18.2. The minimum atomic E-state index is -0.414. The van der Waals surface area contributed by atoms with Crippen molar-refractivity contribution in [3.8, 4) is 0 Å². The second kappa shape index (κ2) is 10.4. The number of aromatic nitrogens is 4. The largest absolute Gasteiger partial charge is 0.345 e. The van der Waals surface area contributed by atoms with Crippen molar-refractivity contribution >= 4 is 63.3 Å². The minimum Gasteiger partial charge on any atom is -0.345 e. The molecular formula is C26H27Cl2N7O2S. The van der Waals surface area contributed by atoms with E-state index in [1.165, 1.54) is 11.6 Å². The van der Waals surface area contributed by atoms with Crippen molar-refractivity contribution in [1.29, 1.82) is 0 Å². The number of rotatable bonds is 4. The lowest BCUT2D eigenvalue weighted by Gasteiger charge is -2.37. The number of piperazine rings is 1. The van der Waals surface area contributed by atoms with Crippen molar-refractivity contribution < 1.29 is 0 Å². The Labute approximate surface area is 234 Å². The van der Waals surface area contributed by atoms with Crippen LogP contribution in [0.25, 0.3) is 11.2 Å². The first kappa shape index (κ1) is 26.3. The first-order valence-electron chi connectivity index (χ1n) is 12.1. The van der Waals surface area contributed by atoms with E-state index in [1.54, 1.807) is 7.05 Å². The molecule has 1 aliphatic heterocycles. The predicted octanol–water partition coefficient (Wildman–Crippen LogP) is 3.62. The maximum Gasteiger partial charge on any atom is 0.332 e. The summed E-state index contributed by atoms with van der Waals surface area (Å²) in [4.78, 5) is 34.9. The third-order valence-corrected chi connectivity index (χ3v) is 7.96. The van der Waals surface area contributed by atoms with E-state index >= 15 is 0 Å². The number of benzene rings is 2. The van der Waals surface area contributed by atoms with E-state index in [0.29, 0.717) is 65.0 Å². The summed E-state index contributed by atoms with van der Waals surface area (Å²) in [5, 5.41) is 5.26. The fourth-order valence-electron chi connectivity index (χ4n) is 4.65. The number of anilines is 2. The molecule has 0 saturated carbocycles. The topological polar surface area (TPSA) is 80.3 Å². The SMILES string of the molecule is Cc1c(Cl)cccc1NC(=S)N1CCN(c2nc3c(c(=O)n(C)c(=O)n3C)n2Cc2ccc(Cl)cc2)CC1. The summed E-state index contributed by atoms with van der Waals surface area (Å²) in [6, 6.07) is 13.2. The zero-order valence-electron chi connectivity index (χ0n) is 21.2. The van der Waals surface area contributed by atoms with Crippen LogP contribution in [0.3, 0.4) is 0 Å². The maximum atomic E-state index is 13.2. The molecule has 9 nitrogen and oxygen atoms in total. The van der Waals surface area contributed by atoms with Crippen LogP contribution in [-0.2, 0) is 20.6 Å². The van der Waals surface area contributed by atoms with E-state index < -0.39 is 5.69 Å². The Morgan fingerprint density at radius 1 is 1.00 bits per heavy atom. The Balaban J connectivity index is 1.45. The third kappa shape index (κ3) is 4.79. The fraction of sp³-hybridized carbons (Fsp3) is 0.308. The van der Waals surface area contributed by atoms with Crippen LogP contribution in [0.4, 0.5) is 11.6 Å². The summed E-state index contributed by atoms with van der Waals surface area (Å²) in [5.74, 6) is 0.637. The number of hydrogen-bond donors (Lipinski definition) is 1. The average molecular weight is 573 g/mol. The van der Waals surface area contributed by atoms with Crippen molar-refractivity contribution in [1.82, 2.24) is 23.6 Å². The zero-order valence-corrected chi connectivity index (χ0v) is 23.6. The summed E-state index contributed by atoms with van der Waals surface area (Å²) in [7, 11) is 3.12. The van der Waals surface area contributed by atoms with Crippen LogP contribution in [0.2, 0.25) is 10.0 Å². The fourth-order valence-corrected chi connectivity index (χ4v) is 5.24. The van der Waals surface area contributed by atoms with Crippen molar-refractivity contribution in [2.24, 2.45) is 14.1 Å². The van der Waals surface area contributed by atoms with Gasteiger partial charge in [0.25, 0.3) is 5.56 Å². The van der Waals surface area contributed by atoms with Gasteiger partial charge in [-0.1, -0.05) is 41.4 Å². The van der Waals surface area contributed by atoms with E-state index in [2.05, 4.69) is 15.1 Å². The van der Waals surface area contributed by atoms with Gasteiger partial charge in [-0.25, -0.2) is 4.79 Å². The molecule has 0 aliphatic carbocycles. The molecule has 1 saturated heterocycles. The molecule has 2 aromatic carbocycles. The molecule has 0 unspecified atom stereocenters. The smallest absolute Gasteiger partial charge is 0.332 e. The molecule has 5 rings (SSSR count). The van der Waals surface area contributed by atoms with E-state index in [0.717, 1.165) is 21.4 Å². The third-order valence-electron chi connectivity index (χ3n) is 6.94. The van der Waals surface area contributed by atoms with Crippen LogP contribution in [-0.4, -0.2) is 54.9 Å². The highest BCUT2D eigenvalue weighted by atomic mass is 35.5. The molecule has 38 heavy (non-hydrogen) atoms. The number of aryl methyl sites for hydroxylation is 1. The van der Waals surface area contributed by atoms with E-state index in [-0.39, 0.29) is 5.56 Å². The molecule has 3 heterocycles. The highest BCUT2D eigenvalue weighted by Gasteiger charge is 2.26. The molecule has 1 fully saturated rings. The zero-order chi connectivity index (χ0) is 27.1. The molecule has 198 valence electrons. The normalized spacial score (nSPS) is 13.8. The van der Waals surface area contributed by atoms with Crippen molar-refractivity contribution in [3.63, 3.8) is 0 Å². The van der Waals surface area contributed by atoms with Gasteiger partial charge in [0, 0.05) is 56.0 Å². The number of fused-ring (bicyclic) bond motifs is 1. The quantitative estimate of drug-likeness (QED) is 0.375. The number of nitrogens with one attached hydrogen (secondary N) is 1. The minimum absolute atomic E-state index is 0.359. The van der Waals surface area contributed by atoms with Crippen LogP contribution in [0.15, 0.2) is 52.1 Å². The number of thiocarbonyl (C=S) groups is 1. The molecule has 12 heteroatoms. The summed E-state index contributed by atoms with van der Waals surface area (Å²) in [6.45, 7) is 4.95. The van der Waals surface area contributed by atoms with Crippen molar-refractivity contribution in [2.45, 2.75) is 13.5 Å². The second-order valence-electron chi connectivity index (χ2n) is 9.32. The van der Waals surface area contributed by atoms with Crippen LogP contribution >= 0.6 is 35.4 Å². The highest BCUT2D eigenvalue weighted by Crippen LogP contribution is 2.25. The molecule has 4 aromatic rings. The van der Waals surface area contributed by atoms with Gasteiger partial charge >= 0.3 is 5.69 Å². The average Bonchev–Trinajstić information content (AvgIpc) is 3.29. The Hall–Kier alpha value is -3.34. The maximum absolute atomic E-state index is 13.2. The molecule has 0 atom stereocenters. The van der Waals surface area contributed by atoms with Gasteiger partial charge in [0.1, 0.15) is 0 Å². The molecule has 1 aliphatic rings. The van der Waals surface area contributed by atoms with Gasteiger partial charge in [-0.2, -0.15) is 4.98 Å². The van der Waals surface area contributed by atoms with Crippen LogP contribution < -0.4 is 21.5 Å². The molecule has 1 N–H and O–H groups in total. The van der Waals surface area contributed by atoms with Gasteiger partial charge < -0.3 is 15.1 Å². The molecule has 0 spiro atoms. The van der Waals surface area contributed by atoms with E-state index in [1.807, 2.05) is 54.0 Å². The Kier molecular flexibility index (Phi) is 7.21. The van der Waals surface area contributed by atoms with Gasteiger partial charge in [-0.15, -0.1) is 0 Å². The number of imidazole rings is 1.